The topological polar surface area (TPSA) is 29.1 Å². The van der Waals surface area contributed by atoms with Crippen LogP contribution in [-0.4, -0.2) is 10.7 Å². The lowest BCUT2D eigenvalue weighted by atomic mass is 9.87. The number of halogens is 1. The first kappa shape index (κ1) is 10.7. The maximum atomic E-state index is 11.1. The molecule has 0 aliphatic heterocycles. The number of carbonyl (C=O) groups is 1. The first-order chi connectivity index (χ1) is 7.18. The zero-order valence-corrected chi connectivity index (χ0v) is 10.3. The van der Waals surface area contributed by atoms with Gasteiger partial charge in [0, 0.05) is 11.8 Å². The van der Waals surface area contributed by atoms with Crippen LogP contribution in [0.5, 0.6) is 0 Å². The van der Waals surface area contributed by atoms with Crippen LogP contribution in [0.4, 0.5) is 0 Å². The highest BCUT2D eigenvalue weighted by molar-refractivity contribution is 9.09. The highest BCUT2D eigenvalue weighted by Gasteiger charge is 2.27. The van der Waals surface area contributed by atoms with E-state index in [9.17, 15) is 4.79 Å². The molecule has 2 rings (SSSR count). The van der Waals surface area contributed by atoms with E-state index in [-0.39, 0.29) is 11.9 Å². The number of amides is 1. The Morgan fingerprint density at radius 2 is 2.20 bits per heavy atom. The summed E-state index contributed by atoms with van der Waals surface area (Å²) in [6.07, 6.45) is 2.16. The molecule has 0 saturated heterocycles. The van der Waals surface area contributed by atoms with E-state index in [0.717, 1.165) is 12.8 Å². The van der Waals surface area contributed by atoms with E-state index in [1.54, 1.807) is 6.92 Å². The maximum Gasteiger partial charge on any atom is 0.217 e. The first-order valence-corrected chi connectivity index (χ1v) is 6.09. The first-order valence-electron chi connectivity index (χ1n) is 5.17. The number of hydrogen-bond acceptors (Lipinski definition) is 1. The van der Waals surface area contributed by atoms with E-state index in [0.29, 0.717) is 4.83 Å². The molecule has 0 bridgehead atoms. The molecule has 1 aliphatic rings. The van der Waals surface area contributed by atoms with Gasteiger partial charge in [0.05, 0.1) is 6.04 Å². The Morgan fingerprint density at radius 1 is 1.47 bits per heavy atom. The number of rotatable bonds is 1. The predicted octanol–water partition coefficient (Wildman–Crippen LogP) is 2.57. The molecule has 0 aromatic heterocycles. The van der Waals surface area contributed by atoms with E-state index in [1.165, 1.54) is 11.1 Å². The molecular formula is C12H14BrNO. The van der Waals surface area contributed by atoms with E-state index in [4.69, 9.17) is 0 Å². The van der Waals surface area contributed by atoms with Crippen LogP contribution in [0.2, 0.25) is 0 Å². The molecule has 0 heterocycles. The Bertz CT molecular complexity index is 378. The second-order valence-electron chi connectivity index (χ2n) is 3.93. The van der Waals surface area contributed by atoms with Gasteiger partial charge in [-0.3, -0.25) is 4.79 Å². The van der Waals surface area contributed by atoms with E-state index in [2.05, 4.69) is 39.4 Å². The number of nitrogens with one attached hydrogen (secondary N) is 1. The summed E-state index contributed by atoms with van der Waals surface area (Å²) < 4.78 is 0. The fourth-order valence-electron chi connectivity index (χ4n) is 2.11. The standard InChI is InChI=1S/C12H14BrNO/c1-8(15)14-12-10-5-3-2-4-9(10)6-7-11(12)13/h2-5,11-12H,6-7H2,1H3,(H,14,15)/t11-,12+/m0/s1. The van der Waals surface area contributed by atoms with Gasteiger partial charge in [-0.25, -0.2) is 0 Å². The molecule has 15 heavy (non-hydrogen) atoms. The van der Waals surface area contributed by atoms with Crippen molar-refractivity contribution in [2.24, 2.45) is 0 Å². The third-order valence-corrected chi connectivity index (χ3v) is 3.79. The molecule has 1 aromatic carbocycles. The van der Waals surface area contributed by atoms with Crippen LogP contribution in [-0.2, 0) is 11.2 Å². The molecule has 80 valence electrons. The van der Waals surface area contributed by atoms with Crippen LogP contribution >= 0.6 is 15.9 Å². The summed E-state index contributed by atoms with van der Waals surface area (Å²) in [7, 11) is 0. The molecule has 0 fully saturated rings. The van der Waals surface area contributed by atoms with Gasteiger partial charge in [-0.2, -0.15) is 0 Å². The van der Waals surface area contributed by atoms with Gasteiger partial charge in [0.2, 0.25) is 5.91 Å². The van der Waals surface area contributed by atoms with Crippen LogP contribution in [0.15, 0.2) is 24.3 Å². The fraction of sp³-hybridized carbons (Fsp3) is 0.417. The van der Waals surface area contributed by atoms with E-state index >= 15 is 0 Å². The number of hydrogen-bond donors (Lipinski definition) is 1. The third kappa shape index (κ3) is 2.23. The van der Waals surface area contributed by atoms with Crippen LogP contribution in [0.1, 0.15) is 30.5 Å². The number of aryl methyl sites for hydroxylation is 1. The molecule has 2 atom stereocenters. The molecule has 1 aliphatic carbocycles. The molecule has 1 amide bonds. The van der Waals surface area contributed by atoms with Crippen molar-refractivity contribution >= 4 is 21.8 Å². The molecule has 0 radical (unpaired) electrons. The lowest BCUT2D eigenvalue weighted by molar-refractivity contribution is -0.119. The van der Waals surface area contributed by atoms with Gasteiger partial charge >= 0.3 is 0 Å². The van der Waals surface area contributed by atoms with E-state index < -0.39 is 0 Å². The van der Waals surface area contributed by atoms with Crippen LogP contribution in [0, 0.1) is 0 Å². The highest BCUT2D eigenvalue weighted by Crippen LogP contribution is 2.33. The highest BCUT2D eigenvalue weighted by atomic mass is 79.9. The van der Waals surface area contributed by atoms with Crippen molar-refractivity contribution in [3.05, 3.63) is 35.4 Å². The molecular weight excluding hydrogens is 254 g/mol. The summed E-state index contributed by atoms with van der Waals surface area (Å²) >= 11 is 3.64. The number of carbonyl (C=O) groups excluding carboxylic acids is 1. The van der Waals surface area contributed by atoms with Gasteiger partial charge in [0.25, 0.3) is 0 Å². The summed E-state index contributed by atoms with van der Waals surface area (Å²) in [5.74, 6) is 0.0288. The largest absolute Gasteiger partial charge is 0.348 e. The molecule has 0 unspecified atom stereocenters. The van der Waals surface area contributed by atoms with Crippen LogP contribution in [0.25, 0.3) is 0 Å². The van der Waals surface area contributed by atoms with Gasteiger partial charge in [0.15, 0.2) is 0 Å². The molecule has 0 saturated carbocycles. The Hall–Kier alpha value is -0.830. The quantitative estimate of drug-likeness (QED) is 0.779. The molecule has 1 aromatic rings. The minimum Gasteiger partial charge on any atom is -0.348 e. The molecule has 0 spiro atoms. The van der Waals surface area contributed by atoms with Gasteiger partial charge in [-0.15, -0.1) is 0 Å². The zero-order valence-electron chi connectivity index (χ0n) is 8.66. The van der Waals surface area contributed by atoms with Gasteiger partial charge < -0.3 is 5.32 Å². The number of alkyl halides is 1. The SMILES string of the molecule is CC(=O)N[C@@H]1c2ccccc2CC[C@@H]1Br. The average molecular weight is 268 g/mol. The molecule has 1 N–H and O–H groups in total. The molecule has 2 nitrogen and oxygen atoms in total. The fourth-order valence-corrected chi connectivity index (χ4v) is 2.75. The van der Waals surface area contributed by atoms with Crippen molar-refractivity contribution in [1.82, 2.24) is 5.32 Å². The summed E-state index contributed by atoms with van der Waals surface area (Å²) in [6.45, 7) is 1.57. The lowest BCUT2D eigenvalue weighted by Gasteiger charge is -2.30. The van der Waals surface area contributed by atoms with Crippen molar-refractivity contribution in [3.8, 4) is 0 Å². The summed E-state index contributed by atoms with van der Waals surface area (Å²) in [5, 5.41) is 3.00. The summed E-state index contributed by atoms with van der Waals surface area (Å²) in [5.41, 5.74) is 2.60. The smallest absolute Gasteiger partial charge is 0.217 e. The summed E-state index contributed by atoms with van der Waals surface area (Å²) in [4.78, 5) is 11.5. The van der Waals surface area contributed by atoms with Crippen LogP contribution < -0.4 is 5.32 Å². The average Bonchev–Trinajstić information content (AvgIpc) is 2.22. The van der Waals surface area contributed by atoms with Crippen molar-refractivity contribution < 1.29 is 4.79 Å². The van der Waals surface area contributed by atoms with Crippen molar-refractivity contribution in [2.45, 2.75) is 30.6 Å². The predicted molar refractivity (Wildman–Crippen MR) is 64.0 cm³/mol. The molecule has 3 heteroatoms. The van der Waals surface area contributed by atoms with Crippen molar-refractivity contribution in [1.29, 1.82) is 0 Å². The second kappa shape index (κ2) is 4.35. The Labute approximate surface area is 98.2 Å². The van der Waals surface area contributed by atoms with E-state index in [1.807, 2.05) is 6.07 Å². The maximum absolute atomic E-state index is 11.1. The van der Waals surface area contributed by atoms with Crippen molar-refractivity contribution in [2.75, 3.05) is 0 Å². The van der Waals surface area contributed by atoms with Gasteiger partial charge in [-0.1, -0.05) is 40.2 Å². The Kier molecular flexibility index (Phi) is 3.10. The zero-order chi connectivity index (χ0) is 10.8. The summed E-state index contributed by atoms with van der Waals surface area (Å²) in [6, 6.07) is 8.44. The Balaban J connectivity index is 2.32. The second-order valence-corrected chi connectivity index (χ2v) is 5.11. The van der Waals surface area contributed by atoms with Gasteiger partial charge in [-0.05, 0) is 24.0 Å². The van der Waals surface area contributed by atoms with Gasteiger partial charge in [0.1, 0.15) is 0 Å². The minimum atomic E-state index is 0.0288. The minimum absolute atomic E-state index is 0.0288. The normalized spacial score (nSPS) is 24.4. The van der Waals surface area contributed by atoms with Crippen LogP contribution in [0.3, 0.4) is 0 Å². The monoisotopic (exact) mass is 267 g/mol. The number of benzene rings is 1. The van der Waals surface area contributed by atoms with Crippen molar-refractivity contribution in [3.63, 3.8) is 0 Å². The number of fused-ring (bicyclic) bond motifs is 1. The third-order valence-electron chi connectivity index (χ3n) is 2.80. The lowest BCUT2D eigenvalue weighted by Crippen LogP contribution is -2.35. The Morgan fingerprint density at radius 3 is 2.93 bits per heavy atom.